The van der Waals surface area contributed by atoms with Crippen LogP contribution in [-0.2, 0) is 14.6 Å². The molecule has 1 aromatic carbocycles. The van der Waals surface area contributed by atoms with Crippen LogP contribution in [0.25, 0.3) is 11.3 Å². The molecule has 1 saturated heterocycles. The summed E-state index contributed by atoms with van der Waals surface area (Å²) in [4.78, 5) is 16.6. The molecule has 1 aromatic heterocycles. The first-order valence-corrected chi connectivity index (χ1v) is 10.1. The number of benzene rings is 1. The fourth-order valence-electron chi connectivity index (χ4n) is 2.68. The lowest BCUT2D eigenvalue weighted by molar-refractivity contribution is -0.119. The van der Waals surface area contributed by atoms with Gasteiger partial charge in [-0.15, -0.1) is 11.3 Å². The van der Waals surface area contributed by atoms with E-state index >= 15 is 0 Å². The third-order valence-electron chi connectivity index (χ3n) is 4.01. The Morgan fingerprint density at radius 2 is 2.13 bits per heavy atom. The van der Waals surface area contributed by atoms with Crippen LogP contribution < -0.4 is 5.32 Å². The van der Waals surface area contributed by atoms with Crippen molar-refractivity contribution in [2.45, 2.75) is 20.3 Å². The average Bonchev–Trinajstić information content (AvgIpc) is 3.08. The molecule has 2 heterocycles. The van der Waals surface area contributed by atoms with Gasteiger partial charge in [-0.05, 0) is 31.9 Å². The number of aryl methyl sites for hydroxylation is 2. The maximum absolute atomic E-state index is 12.2. The van der Waals surface area contributed by atoms with E-state index in [1.807, 2.05) is 25.3 Å². The topological polar surface area (TPSA) is 76.1 Å². The molecule has 0 saturated carbocycles. The predicted octanol–water partition coefficient (Wildman–Crippen LogP) is 2.80. The Morgan fingerprint density at radius 1 is 1.35 bits per heavy atom. The first-order chi connectivity index (χ1) is 10.8. The van der Waals surface area contributed by atoms with Gasteiger partial charge in [0.1, 0.15) is 0 Å². The van der Waals surface area contributed by atoms with Gasteiger partial charge in [-0.3, -0.25) is 4.79 Å². The summed E-state index contributed by atoms with van der Waals surface area (Å²) < 4.78 is 22.9. The molecule has 1 amide bonds. The van der Waals surface area contributed by atoms with Gasteiger partial charge in [0.2, 0.25) is 5.91 Å². The Kier molecular flexibility index (Phi) is 4.25. The lowest BCUT2D eigenvalue weighted by Gasteiger charge is -2.07. The van der Waals surface area contributed by atoms with Crippen LogP contribution >= 0.6 is 11.3 Å². The molecule has 0 spiro atoms. The molecular formula is C16H18N2O3S2. The molecular weight excluding hydrogens is 332 g/mol. The minimum Gasteiger partial charge on any atom is -0.302 e. The van der Waals surface area contributed by atoms with Gasteiger partial charge in [0, 0.05) is 10.9 Å². The zero-order chi connectivity index (χ0) is 16.6. The number of aromatic nitrogens is 1. The number of thiazole rings is 1. The Bertz CT molecular complexity index is 856. The van der Waals surface area contributed by atoms with Crippen LogP contribution in [0.5, 0.6) is 0 Å². The maximum Gasteiger partial charge on any atom is 0.230 e. The van der Waals surface area contributed by atoms with E-state index < -0.39 is 15.8 Å². The van der Waals surface area contributed by atoms with Crippen molar-refractivity contribution in [3.8, 4) is 11.3 Å². The molecule has 0 bridgehead atoms. The second-order valence-corrected chi connectivity index (χ2v) is 9.03. The second kappa shape index (κ2) is 6.05. The van der Waals surface area contributed by atoms with E-state index in [1.54, 1.807) is 0 Å². The van der Waals surface area contributed by atoms with E-state index in [-0.39, 0.29) is 17.4 Å². The molecule has 1 fully saturated rings. The molecule has 1 aliphatic heterocycles. The minimum atomic E-state index is -3.06. The number of hydrogen-bond acceptors (Lipinski definition) is 5. The van der Waals surface area contributed by atoms with Gasteiger partial charge in [0.15, 0.2) is 15.0 Å². The molecule has 1 unspecified atom stereocenters. The molecule has 1 aliphatic rings. The number of carbonyl (C=O) groups excluding carboxylic acids is 1. The van der Waals surface area contributed by atoms with Gasteiger partial charge in [0.25, 0.3) is 0 Å². The van der Waals surface area contributed by atoms with Gasteiger partial charge in [-0.1, -0.05) is 17.7 Å². The van der Waals surface area contributed by atoms with Gasteiger partial charge < -0.3 is 5.32 Å². The van der Waals surface area contributed by atoms with Crippen LogP contribution in [0, 0.1) is 19.8 Å². The maximum atomic E-state index is 12.2. The molecule has 122 valence electrons. The van der Waals surface area contributed by atoms with Gasteiger partial charge in [0.05, 0.1) is 23.1 Å². The van der Waals surface area contributed by atoms with Crippen molar-refractivity contribution < 1.29 is 13.2 Å². The van der Waals surface area contributed by atoms with Crippen LogP contribution in [0.2, 0.25) is 0 Å². The van der Waals surface area contributed by atoms with Gasteiger partial charge >= 0.3 is 0 Å². The van der Waals surface area contributed by atoms with Crippen molar-refractivity contribution in [3.63, 3.8) is 0 Å². The summed E-state index contributed by atoms with van der Waals surface area (Å²) >= 11 is 1.35. The Hall–Kier alpha value is -1.73. The number of sulfone groups is 1. The molecule has 0 aliphatic carbocycles. The fourth-order valence-corrected chi connectivity index (χ4v) is 5.13. The van der Waals surface area contributed by atoms with Crippen LogP contribution in [0.1, 0.15) is 17.5 Å². The molecule has 5 nitrogen and oxygen atoms in total. The van der Waals surface area contributed by atoms with E-state index in [9.17, 15) is 13.2 Å². The highest BCUT2D eigenvalue weighted by atomic mass is 32.2. The molecule has 2 aromatic rings. The van der Waals surface area contributed by atoms with E-state index in [2.05, 4.69) is 22.4 Å². The van der Waals surface area contributed by atoms with Crippen molar-refractivity contribution in [3.05, 3.63) is 34.7 Å². The monoisotopic (exact) mass is 350 g/mol. The summed E-state index contributed by atoms with van der Waals surface area (Å²) in [5, 5.41) is 5.16. The fraction of sp³-hybridized carbons (Fsp3) is 0.375. The highest BCUT2D eigenvalue weighted by Gasteiger charge is 2.33. The Labute approximate surface area is 139 Å². The number of carbonyl (C=O) groups is 1. The summed E-state index contributed by atoms with van der Waals surface area (Å²) in [7, 11) is -3.06. The molecule has 1 N–H and O–H groups in total. The molecule has 0 radical (unpaired) electrons. The van der Waals surface area contributed by atoms with Crippen LogP contribution in [0.15, 0.2) is 23.6 Å². The summed E-state index contributed by atoms with van der Waals surface area (Å²) in [5.41, 5.74) is 4.15. The van der Waals surface area contributed by atoms with Crippen molar-refractivity contribution >= 4 is 32.2 Å². The third kappa shape index (κ3) is 3.61. The highest BCUT2D eigenvalue weighted by Crippen LogP contribution is 2.29. The molecule has 3 rings (SSSR count). The summed E-state index contributed by atoms with van der Waals surface area (Å²) in [6.07, 6.45) is 0.392. The largest absolute Gasteiger partial charge is 0.302 e. The minimum absolute atomic E-state index is 0.0615. The SMILES string of the molecule is Cc1ccc(C)c(-c2csc(NC(=O)C3CCS(=O)(=O)C3)n2)c1. The Balaban J connectivity index is 1.75. The molecule has 7 heteroatoms. The van der Waals surface area contributed by atoms with Gasteiger partial charge in [-0.2, -0.15) is 0 Å². The normalized spacial score (nSPS) is 19.7. The lowest BCUT2D eigenvalue weighted by Crippen LogP contribution is -2.23. The summed E-state index contributed by atoms with van der Waals surface area (Å²) in [5.74, 6) is -0.689. The van der Waals surface area contributed by atoms with E-state index in [0.717, 1.165) is 22.4 Å². The lowest BCUT2D eigenvalue weighted by atomic mass is 10.0. The zero-order valence-corrected chi connectivity index (χ0v) is 14.6. The van der Waals surface area contributed by atoms with Crippen molar-refractivity contribution in [2.24, 2.45) is 5.92 Å². The first kappa shape index (κ1) is 16.1. The molecule has 23 heavy (non-hydrogen) atoms. The smallest absolute Gasteiger partial charge is 0.230 e. The summed E-state index contributed by atoms with van der Waals surface area (Å²) in [6, 6.07) is 6.17. The molecule has 1 atom stereocenters. The Morgan fingerprint density at radius 3 is 2.83 bits per heavy atom. The van der Waals surface area contributed by atoms with Crippen LogP contribution in [-0.4, -0.2) is 30.8 Å². The van der Waals surface area contributed by atoms with Gasteiger partial charge in [-0.25, -0.2) is 13.4 Å². The first-order valence-electron chi connectivity index (χ1n) is 7.38. The summed E-state index contributed by atoms with van der Waals surface area (Å²) in [6.45, 7) is 4.05. The number of nitrogens with zero attached hydrogens (tertiary/aromatic N) is 1. The standard InChI is InChI=1S/C16H18N2O3S2/c1-10-3-4-11(2)13(7-10)14-8-22-16(17-14)18-15(19)12-5-6-23(20,21)9-12/h3-4,7-8,12H,5-6,9H2,1-2H3,(H,17,18,19). The third-order valence-corrected chi connectivity index (χ3v) is 6.53. The highest BCUT2D eigenvalue weighted by molar-refractivity contribution is 7.91. The van der Waals surface area contributed by atoms with Crippen molar-refractivity contribution in [1.29, 1.82) is 0 Å². The number of rotatable bonds is 3. The number of hydrogen-bond donors (Lipinski definition) is 1. The average molecular weight is 350 g/mol. The number of amides is 1. The zero-order valence-electron chi connectivity index (χ0n) is 13.0. The van der Waals surface area contributed by atoms with E-state index in [4.69, 9.17) is 0 Å². The predicted molar refractivity (Wildman–Crippen MR) is 92.4 cm³/mol. The number of nitrogens with one attached hydrogen (secondary N) is 1. The van der Waals surface area contributed by atoms with Crippen molar-refractivity contribution in [2.75, 3.05) is 16.8 Å². The van der Waals surface area contributed by atoms with Crippen LogP contribution in [0.4, 0.5) is 5.13 Å². The second-order valence-electron chi connectivity index (χ2n) is 5.95. The quantitative estimate of drug-likeness (QED) is 0.923. The van der Waals surface area contributed by atoms with E-state index in [1.165, 1.54) is 11.3 Å². The van der Waals surface area contributed by atoms with Crippen LogP contribution in [0.3, 0.4) is 0 Å². The van der Waals surface area contributed by atoms with E-state index in [0.29, 0.717) is 11.6 Å². The number of anilines is 1. The van der Waals surface area contributed by atoms with Crippen molar-refractivity contribution in [1.82, 2.24) is 4.98 Å².